The maximum Gasteiger partial charge on any atom is 0.287 e. The molecule has 1 atom stereocenters. The SMILES string of the molecule is Cc1ccc(C(=O)NC2CC(C)(C)Oc3ccc(N)cc32)o1.Cl. The van der Waals surface area contributed by atoms with Crippen molar-refractivity contribution >= 4 is 24.0 Å². The Hall–Kier alpha value is -2.14. The van der Waals surface area contributed by atoms with Gasteiger partial charge in [-0.3, -0.25) is 4.79 Å². The van der Waals surface area contributed by atoms with Gasteiger partial charge in [0.05, 0.1) is 6.04 Å². The molecule has 5 nitrogen and oxygen atoms in total. The molecular formula is C17H21ClN2O3. The van der Waals surface area contributed by atoms with E-state index in [1.165, 1.54) is 0 Å². The van der Waals surface area contributed by atoms with Gasteiger partial charge in [0.15, 0.2) is 5.76 Å². The van der Waals surface area contributed by atoms with E-state index < -0.39 is 0 Å². The molecule has 1 aliphatic heterocycles. The first-order valence-electron chi connectivity index (χ1n) is 7.30. The van der Waals surface area contributed by atoms with Gasteiger partial charge in [-0.05, 0) is 51.1 Å². The molecule has 6 heteroatoms. The number of hydrogen-bond donors (Lipinski definition) is 2. The van der Waals surface area contributed by atoms with Crippen molar-refractivity contribution in [2.75, 3.05) is 5.73 Å². The number of rotatable bonds is 2. The second-order valence-electron chi connectivity index (χ2n) is 6.30. The average molecular weight is 337 g/mol. The third-order valence-electron chi connectivity index (χ3n) is 3.76. The summed E-state index contributed by atoms with van der Waals surface area (Å²) < 4.78 is 11.3. The zero-order valence-electron chi connectivity index (χ0n) is 13.4. The number of anilines is 1. The molecule has 3 N–H and O–H groups in total. The van der Waals surface area contributed by atoms with Gasteiger partial charge in [-0.15, -0.1) is 12.4 Å². The molecule has 0 aliphatic carbocycles. The van der Waals surface area contributed by atoms with Crippen molar-refractivity contribution in [1.82, 2.24) is 5.32 Å². The van der Waals surface area contributed by atoms with Crippen LogP contribution in [0.25, 0.3) is 0 Å². The third kappa shape index (κ3) is 3.62. The van der Waals surface area contributed by atoms with Crippen LogP contribution in [0.4, 0.5) is 5.69 Å². The first-order chi connectivity index (χ1) is 10.3. The second-order valence-corrected chi connectivity index (χ2v) is 6.30. The number of nitrogens with one attached hydrogen (secondary N) is 1. The Morgan fingerprint density at radius 3 is 2.70 bits per heavy atom. The van der Waals surface area contributed by atoms with Gasteiger partial charge < -0.3 is 20.2 Å². The molecule has 1 amide bonds. The first-order valence-corrected chi connectivity index (χ1v) is 7.30. The fraction of sp³-hybridized carbons (Fsp3) is 0.353. The van der Waals surface area contributed by atoms with Crippen LogP contribution in [0.15, 0.2) is 34.7 Å². The van der Waals surface area contributed by atoms with Crippen LogP contribution in [0.2, 0.25) is 0 Å². The molecule has 2 heterocycles. The van der Waals surface area contributed by atoms with Crippen molar-refractivity contribution < 1.29 is 13.9 Å². The maximum atomic E-state index is 12.4. The minimum absolute atomic E-state index is 0. The Labute approximate surface area is 141 Å². The van der Waals surface area contributed by atoms with Crippen molar-refractivity contribution in [3.05, 3.63) is 47.4 Å². The third-order valence-corrected chi connectivity index (χ3v) is 3.76. The summed E-state index contributed by atoms with van der Waals surface area (Å²) in [4.78, 5) is 12.4. The van der Waals surface area contributed by atoms with Crippen LogP contribution in [0, 0.1) is 6.92 Å². The molecule has 0 fully saturated rings. The summed E-state index contributed by atoms with van der Waals surface area (Å²) in [7, 11) is 0. The highest BCUT2D eigenvalue weighted by Gasteiger charge is 2.35. The van der Waals surface area contributed by atoms with E-state index in [1.807, 2.05) is 32.9 Å². The monoisotopic (exact) mass is 336 g/mol. The topological polar surface area (TPSA) is 77.5 Å². The zero-order chi connectivity index (χ0) is 15.9. The number of aryl methyl sites for hydroxylation is 1. The Kier molecular flexibility index (Phi) is 4.61. The lowest BCUT2D eigenvalue weighted by Gasteiger charge is -2.37. The predicted molar refractivity (Wildman–Crippen MR) is 91.1 cm³/mol. The molecule has 2 aromatic rings. The largest absolute Gasteiger partial charge is 0.487 e. The van der Waals surface area contributed by atoms with Gasteiger partial charge in [-0.2, -0.15) is 0 Å². The molecule has 1 aromatic heterocycles. The molecule has 3 rings (SSSR count). The van der Waals surface area contributed by atoms with E-state index in [9.17, 15) is 4.79 Å². The summed E-state index contributed by atoms with van der Waals surface area (Å²) in [5.74, 6) is 1.55. The molecule has 0 radical (unpaired) electrons. The van der Waals surface area contributed by atoms with E-state index in [-0.39, 0.29) is 30.0 Å². The van der Waals surface area contributed by atoms with Crippen molar-refractivity contribution in [3.63, 3.8) is 0 Å². The lowest BCUT2D eigenvalue weighted by Crippen LogP contribution is -2.41. The number of hydrogen-bond acceptors (Lipinski definition) is 4. The van der Waals surface area contributed by atoms with Gasteiger partial charge >= 0.3 is 0 Å². The standard InChI is InChI=1S/C17H20N2O3.ClH/c1-10-4-6-15(21-10)16(20)19-13-9-17(2,3)22-14-7-5-11(18)8-12(13)14;/h4-8,13H,9,18H2,1-3H3,(H,19,20);1H. The number of amides is 1. The van der Waals surface area contributed by atoms with Crippen molar-refractivity contribution in [2.45, 2.75) is 38.8 Å². The number of ether oxygens (including phenoxy) is 1. The summed E-state index contributed by atoms with van der Waals surface area (Å²) >= 11 is 0. The second kappa shape index (κ2) is 6.16. The number of fused-ring (bicyclic) bond motifs is 1. The van der Waals surface area contributed by atoms with E-state index in [4.69, 9.17) is 14.9 Å². The van der Waals surface area contributed by atoms with Gasteiger partial charge in [0, 0.05) is 17.7 Å². The Morgan fingerprint density at radius 2 is 2.04 bits per heavy atom. The van der Waals surface area contributed by atoms with Crippen LogP contribution in [0.3, 0.4) is 0 Å². The van der Waals surface area contributed by atoms with Crippen LogP contribution in [0.5, 0.6) is 5.75 Å². The molecule has 23 heavy (non-hydrogen) atoms. The maximum absolute atomic E-state index is 12.4. The van der Waals surface area contributed by atoms with Gasteiger partial charge in [0.2, 0.25) is 0 Å². The Morgan fingerprint density at radius 1 is 1.30 bits per heavy atom. The van der Waals surface area contributed by atoms with E-state index in [2.05, 4.69) is 5.32 Å². The van der Waals surface area contributed by atoms with Crippen molar-refractivity contribution in [2.24, 2.45) is 0 Å². The number of halogens is 1. The van der Waals surface area contributed by atoms with Crippen LogP contribution in [0.1, 0.15) is 48.2 Å². The first kappa shape index (κ1) is 17.2. The predicted octanol–water partition coefficient (Wildman–Crippen LogP) is 3.62. The number of carbonyl (C=O) groups excluding carboxylic acids is 1. The molecular weight excluding hydrogens is 316 g/mol. The summed E-state index contributed by atoms with van der Waals surface area (Å²) in [6, 6.07) is 8.78. The zero-order valence-corrected chi connectivity index (χ0v) is 14.2. The van der Waals surface area contributed by atoms with E-state index in [0.29, 0.717) is 23.6 Å². The molecule has 0 saturated carbocycles. The lowest BCUT2D eigenvalue weighted by molar-refractivity contribution is 0.0611. The van der Waals surface area contributed by atoms with Gasteiger partial charge in [0.1, 0.15) is 17.1 Å². The molecule has 124 valence electrons. The van der Waals surface area contributed by atoms with Crippen molar-refractivity contribution in [1.29, 1.82) is 0 Å². The summed E-state index contributed by atoms with van der Waals surface area (Å²) in [5.41, 5.74) is 7.06. The average Bonchev–Trinajstić information content (AvgIpc) is 2.85. The number of nitrogens with two attached hydrogens (primary N) is 1. The smallest absolute Gasteiger partial charge is 0.287 e. The molecule has 1 aromatic carbocycles. The molecule has 0 bridgehead atoms. The minimum atomic E-state index is -0.361. The molecule has 1 aliphatic rings. The molecule has 0 spiro atoms. The Bertz CT molecular complexity index is 724. The number of furan rings is 1. The van der Waals surface area contributed by atoms with Crippen LogP contribution in [-0.4, -0.2) is 11.5 Å². The fourth-order valence-electron chi connectivity index (χ4n) is 2.79. The van der Waals surface area contributed by atoms with E-state index in [1.54, 1.807) is 18.2 Å². The lowest BCUT2D eigenvalue weighted by atomic mass is 9.89. The van der Waals surface area contributed by atoms with Crippen LogP contribution >= 0.6 is 12.4 Å². The fourth-order valence-corrected chi connectivity index (χ4v) is 2.79. The van der Waals surface area contributed by atoms with Gasteiger partial charge in [0.25, 0.3) is 5.91 Å². The minimum Gasteiger partial charge on any atom is -0.487 e. The number of carbonyl (C=O) groups is 1. The molecule has 0 saturated heterocycles. The quantitative estimate of drug-likeness (QED) is 0.821. The highest BCUT2D eigenvalue weighted by atomic mass is 35.5. The molecule has 1 unspecified atom stereocenters. The summed E-state index contributed by atoms with van der Waals surface area (Å²) in [6.07, 6.45) is 0.662. The van der Waals surface area contributed by atoms with Gasteiger partial charge in [-0.25, -0.2) is 0 Å². The van der Waals surface area contributed by atoms with Crippen LogP contribution in [-0.2, 0) is 0 Å². The van der Waals surface area contributed by atoms with Gasteiger partial charge in [-0.1, -0.05) is 0 Å². The summed E-state index contributed by atoms with van der Waals surface area (Å²) in [5, 5.41) is 3.02. The Balaban J connectivity index is 0.00000192. The van der Waals surface area contributed by atoms with E-state index in [0.717, 1.165) is 11.3 Å². The highest BCUT2D eigenvalue weighted by molar-refractivity contribution is 5.91. The number of benzene rings is 1. The van der Waals surface area contributed by atoms with E-state index >= 15 is 0 Å². The van der Waals surface area contributed by atoms with Crippen molar-refractivity contribution in [3.8, 4) is 5.75 Å². The summed E-state index contributed by atoms with van der Waals surface area (Å²) in [6.45, 7) is 5.81. The van der Waals surface area contributed by atoms with Crippen LogP contribution < -0.4 is 15.8 Å². The normalized spacial score (nSPS) is 18.3. The number of nitrogen functional groups attached to an aromatic ring is 1. The highest BCUT2D eigenvalue weighted by Crippen LogP contribution is 2.40.